The first-order valence-electron chi connectivity index (χ1n) is 7.31. The van der Waals surface area contributed by atoms with Crippen molar-refractivity contribution in [3.05, 3.63) is 40.6 Å². The van der Waals surface area contributed by atoms with E-state index < -0.39 is 9.84 Å². The molecule has 1 saturated heterocycles. The smallest absolute Gasteiger partial charge is 0.152 e. The van der Waals surface area contributed by atoms with E-state index >= 15 is 0 Å². The number of benzene rings is 1. The highest BCUT2D eigenvalue weighted by molar-refractivity contribution is 7.91. The van der Waals surface area contributed by atoms with Gasteiger partial charge in [0, 0.05) is 24.8 Å². The number of halogens is 2. The van der Waals surface area contributed by atoms with Gasteiger partial charge in [-0.15, -0.1) is 0 Å². The summed E-state index contributed by atoms with van der Waals surface area (Å²) in [5, 5.41) is 4.06. The lowest BCUT2D eigenvalue weighted by Crippen LogP contribution is -2.33. The largest absolute Gasteiger partial charge is 0.355 e. The third-order valence-electron chi connectivity index (χ3n) is 3.96. The van der Waals surface area contributed by atoms with Crippen LogP contribution in [0.15, 0.2) is 30.6 Å². The molecule has 1 atom stereocenters. The Bertz CT molecular complexity index is 860. The van der Waals surface area contributed by atoms with E-state index in [-0.39, 0.29) is 17.5 Å². The van der Waals surface area contributed by atoms with Crippen LogP contribution in [0.5, 0.6) is 0 Å². The molecule has 1 aliphatic rings. The molecule has 6 nitrogen and oxygen atoms in total. The molecule has 9 heteroatoms. The lowest BCUT2D eigenvalue weighted by Gasteiger charge is -2.24. The van der Waals surface area contributed by atoms with Crippen LogP contribution in [-0.4, -0.2) is 43.0 Å². The first-order valence-corrected chi connectivity index (χ1v) is 9.89. The Hall–Kier alpha value is -1.57. The van der Waals surface area contributed by atoms with Gasteiger partial charge in [0.15, 0.2) is 9.84 Å². The van der Waals surface area contributed by atoms with E-state index in [0.29, 0.717) is 28.1 Å². The molecule has 0 aliphatic carbocycles. The van der Waals surface area contributed by atoms with Gasteiger partial charge in [-0.1, -0.05) is 23.2 Å². The van der Waals surface area contributed by atoms with Crippen molar-refractivity contribution in [1.82, 2.24) is 9.97 Å². The number of anilines is 3. The summed E-state index contributed by atoms with van der Waals surface area (Å²) in [4.78, 5) is 10.3. The van der Waals surface area contributed by atoms with E-state index in [4.69, 9.17) is 23.2 Å². The van der Waals surface area contributed by atoms with Crippen molar-refractivity contribution in [2.45, 2.75) is 12.5 Å². The Kier molecular flexibility index (Phi) is 4.85. The number of rotatable bonds is 4. The maximum Gasteiger partial charge on any atom is 0.152 e. The minimum Gasteiger partial charge on any atom is -0.355 e. The van der Waals surface area contributed by atoms with E-state index in [1.54, 1.807) is 24.3 Å². The topological polar surface area (TPSA) is 75.2 Å². The Labute approximate surface area is 150 Å². The minimum atomic E-state index is -2.94. The van der Waals surface area contributed by atoms with E-state index in [1.165, 1.54) is 6.33 Å². The zero-order chi connectivity index (χ0) is 17.3. The molecule has 1 aromatic carbocycles. The molecular weight excluding hydrogens is 371 g/mol. The second kappa shape index (κ2) is 6.74. The van der Waals surface area contributed by atoms with Crippen molar-refractivity contribution in [3.8, 4) is 0 Å². The van der Waals surface area contributed by atoms with E-state index in [9.17, 15) is 8.42 Å². The molecule has 128 valence electrons. The summed E-state index contributed by atoms with van der Waals surface area (Å²) >= 11 is 11.9. The van der Waals surface area contributed by atoms with Crippen LogP contribution < -0.4 is 10.2 Å². The monoisotopic (exact) mass is 386 g/mol. The third-order valence-corrected chi connectivity index (χ3v) is 6.45. The summed E-state index contributed by atoms with van der Waals surface area (Å²) < 4.78 is 23.3. The fourth-order valence-corrected chi connectivity index (χ4v) is 4.67. The lowest BCUT2D eigenvalue weighted by molar-refractivity contribution is 0.600. The van der Waals surface area contributed by atoms with Crippen molar-refractivity contribution in [2.75, 3.05) is 28.8 Å². The molecular formula is C15H16Cl2N4O2S. The van der Waals surface area contributed by atoms with Crippen molar-refractivity contribution in [1.29, 1.82) is 0 Å². The number of nitrogens with zero attached hydrogens (tertiary/aromatic N) is 3. The number of aromatic nitrogens is 2. The highest BCUT2D eigenvalue weighted by Gasteiger charge is 2.31. The molecule has 0 saturated carbocycles. The summed E-state index contributed by atoms with van der Waals surface area (Å²) in [7, 11) is -1.10. The number of hydrogen-bond acceptors (Lipinski definition) is 6. The van der Waals surface area contributed by atoms with Crippen LogP contribution in [0.25, 0.3) is 0 Å². The molecule has 1 fully saturated rings. The molecule has 1 aromatic heterocycles. The van der Waals surface area contributed by atoms with E-state index in [2.05, 4.69) is 15.3 Å². The minimum absolute atomic E-state index is 0.0669. The van der Waals surface area contributed by atoms with Gasteiger partial charge < -0.3 is 10.2 Å². The van der Waals surface area contributed by atoms with Crippen molar-refractivity contribution >= 4 is 50.4 Å². The van der Waals surface area contributed by atoms with Crippen LogP contribution in [0.2, 0.25) is 10.0 Å². The summed E-state index contributed by atoms with van der Waals surface area (Å²) in [6.07, 6.45) is 2.05. The zero-order valence-corrected chi connectivity index (χ0v) is 15.2. The SMILES string of the molecule is CN(c1cc(Nc2ccc(Cl)c(Cl)c2)ncn1)C1CCS(=O)(=O)C1. The van der Waals surface area contributed by atoms with Crippen molar-refractivity contribution < 1.29 is 8.42 Å². The zero-order valence-electron chi connectivity index (χ0n) is 12.9. The quantitative estimate of drug-likeness (QED) is 0.869. The van der Waals surface area contributed by atoms with Gasteiger partial charge in [-0.05, 0) is 24.6 Å². The van der Waals surface area contributed by atoms with Crippen molar-refractivity contribution in [3.63, 3.8) is 0 Å². The van der Waals surface area contributed by atoms with Gasteiger partial charge in [-0.3, -0.25) is 0 Å². The highest BCUT2D eigenvalue weighted by atomic mass is 35.5. The number of hydrogen-bond donors (Lipinski definition) is 1. The van der Waals surface area contributed by atoms with Gasteiger partial charge >= 0.3 is 0 Å². The van der Waals surface area contributed by atoms with Crippen molar-refractivity contribution in [2.24, 2.45) is 0 Å². The van der Waals surface area contributed by atoms with Gasteiger partial charge in [-0.2, -0.15) is 0 Å². The number of sulfone groups is 1. The highest BCUT2D eigenvalue weighted by Crippen LogP contribution is 2.27. The van der Waals surface area contributed by atoms with Crippen LogP contribution >= 0.6 is 23.2 Å². The molecule has 1 unspecified atom stereocenters. The summed E-state index contributed by atoms with van der Waals surface area (Å²) in [5.41, 5.74) is 0.750. The molecule has 24 heavy (non-hydrogen) atoms. The lowest BCUT2D eigenvalue weighted by atomic mass is 10.2. The predicted molar refractivity (Wildman–Crippen MR) is 97.2 cm³/mol. The Morgan fingerprint density at radius 2 is 2.00 bits per heavy atom. The molecule has 2 heterocycles. The Morgan fingerprint density at radius 3 is 2.67 bits per heavy atom. The first-order chi connectivity index (χ1) is 11.3. The fraction of sp³-hybridized carbons (Fsp3) is 0.333. The van der Waals surface area contributed by atoms with Gasteiger partial charge in [0.25, 0.3) is 0 Å². The molecule has 3 rings (SSSR count). The molecule has 0 radical (unpaired) electrons. The first kappa shape index (κ1) is 17.3. The van der Waals surface area contributed by atoms with Crippen LogP contribution in [0.4, 0.5) is 17.3 Å². The molecule has 0 bridgehead atoms. The van der Waals surface area contributed by atoms with Crippen LogP contribution in [0, 0.1) is 0 Å². The average Bonchev–Trinajstić information content (AvgIpc) is 2.90. The summed E-state index contributed by atoms with van der Waals surface area (Å²) in [6, 6.07) is 6.90. The van der Waals surface area contributed by atoms with Crippen LogP contribution in [0.3, 0.4) is 0 Å². The van der Waals surface area contributed by atoms with Crippen LogP contribution in [0.1, 0.15) is 6.42 Å². The standard InChI is InChI=1S/C15H16Cl2N4O2S/c1-21(11-4-5-24(22,23)8-11)15-7-14(18-9-19-15)20-10-2-3-12(16)13(17)6-10/h2-3,6-7,9,11H,4-5,8H2,1H3,(H,18,19,20). The predicted octanol–water partition coefficient (Wildman–Crippen LogP) is 3.15. The van der Waals surface area contributed by atoms with Gasteiger partial charge in [-0.25, -0.2) is 18.4 Å². The maximum atomic E-state index is 11.6. The van der Waals surface area contributed by atoms with E-state index in [0.717, 1.165) is 5.69 Å². The second-order valence-corrected chi connectivity index (χ2v) is 8.73. The average molecular weight is 387 g/mol. The summed E-state index contributed by atoms with van der Waals surface area (Å²) in [6.45, 7) is 0. The molecule has 0 amide bonds. The normalized spacial score (nSPS) is 19.2. The third kappa shape index (κ3) is 3.91. The molecule has 0 spiro atoms. The van der Waals surface area contributed by atoms with Gasteiger partial charge in [0.2, 0.25) is 0 Å². The van der Waals surface area contributed by atoms with Gasteiger partial charge in [0.1, 0.15) is 18.0 Å². The van der Waals surface area contributed by atoms with Crippen LogP contribution in [-0.2, 0) is 9.84 Å². The maximum absolute atomic E-state index is 11.6. The summed E-state index contributed by atoms with van der Waals surface area (Å²) in [5.74, 6) is 1.63. The molecule has 1 aliphatic heterocycles. The number of nitrogens with one attached hydrogen (secondary N) is 1. The molecule has 1 N–H and O–H groups in total. The fourth-order valence-electron chi connectivity index (χ4n) is 2.60. The van der Waals surface area contributed by atoms with Gasteiger partial charge in [0.05, 0.1) is 21.6 Å². The molecule has 2 aromatic rings. The Balaban J connectivity index is 1.77. The Morgan fingerprint density at radius 1 is 1.21 bits per heavy atom. The van der Waals surface area contributed by atoms with E-state index in [1.807, 2.05) is 11.9 Å². The second-order valence-electron chi connectivity index (χ2n) is 5.68.